The maximum atomic E-state index is 11.3. The Morgan fingerprint density at radius 1 is 1.44 bits per heavy atom. The van der Waals surface area contributed by atoms with Crippen LogP contribution in [0.5, 0.6) is 0 Å². The molecule has 1 amide bonds. The minimum absolute atomic E-state index is 0.144. The molecular formula is C8H18ClN2O3PS. The number of hydrogen-bond donors (Lipinski definition) is 1. The maximum absolute atomic E-state index is 11.3. The number of alkyl halides is 1. The zero-order chi connectivity index (χ0) is 13.0. The monoisotopic (exact) mass is 288 g/mol. The van der Waals surface area contributed by atoms with Crippen molar-refractivity contribution in [2.75, 3.05) is 20.1 Å². The second-order valence-electron chi connectivity index (χ2n) is 3.98. The van der Waals surface area contributed by atoms with Gasteiger partial charge in [-0.25, -0.2) is 0 Å². The van der Waals surface area contributed by atoms with Crippen LogP contribution in [0.15, 0.2) is 0 Å². The lowest BCUT2D eigenvalue weighted by Gasteiger charge is -2.40. The van der Waals surface area contributed by atoms with E-state index in [-0.39, 0.29) is 11.8 Å². The molecule has 96 valence electrons. The van der Waals surface area contributed by atoms with Gasteiger partial charge in [-0.3, -0.25) is 10.2 Å². The van der Waals surface area contributed by atoms with Gasteiger partial charge in [-0.2, -0.15) is 0 Å². The summed E-state index contributed by atoms with van der Waals surface area (Å²) in [6, 6.07) is 0. The van der Waals surface area contributed by atoms with Crippen molar-refractivity contribution >= 4 is 36.0 Å². The molecule has 0 fully saturated rings. The van der Waals surface area contributed by atoms with Crippen LogP contribution >= 0.6 is 18.2 Å². The molecule has 0 aromatic heterocycles. The number of nitrogens with one attached hydrogen (secondary N) is 1. The van der Waals surface area contributed by atoms with Crippen LogP contribution in [-0.4, -0.2) is 36.3 Å². The van der Waals surface area contributed by atoms with E-state index < -0.39 is 12.2 Å². The number of carbonyl (C=O) groups excluding carboxylic acids is 1. The Morgan fingerprint density at radius 3 is 2.12 bits per heavy atom. The third kappa shape index (κ3) is 4.28. The van der Waals surface area contributed by atoms with E-state index in [1.807, 2.05) is 20.8 Å². The zero-order valence-corrected chi connectivity index (χ0v) is 12.6. The largest absolute Gasteiger partial charge is 0.320 e. The molecule has 0 saturated carbocycles. The lowest BCUT2D eigenvalue weighted by Crippen LogP contribution is -2.51. The quantitative estimate of drug-likeness (QED) is 0.475. The maximum Gasteiger partial charge on any atom is 0.281 e. The first-order chi connectivity index (χ1) is 7.21. The average molecular weight is 289 g/mol. The normalized spacial score (nSPS) is 12.9. The molecule has 0 spiro atoms. The Kier molecular flexibility index (Phi) is 6.40. The second-order valence-corrected chi connectivity index (χ2v) is 7.70. The molecule has 1 N–H and O–H groups in total. The van der Waals surface area contributed by atoms with Gasteiger partial charge in [-0.15, -0.1) is 16.4 Å². The molecule has 0 aliphatic rings. The van der Waals surface area contributed by atoms with E-state index in [1.54, 1.807) is 0 Å². The molecule has 16 heavy (non-hydrogen) atoms. The summed E-state index contributed by atoms with van der Waals surface area (Å²) in [7, 11) is 2.91. The molecule has 0 aliphatic carbocycles. The Hall–Kier alpha value is 0.290. The van der Waals surface area contributed by atoms with E-state index in [4.69, 9.17) is 32.5 Å². The van der Waals surface area contributed by atoms with Gasteiger partial charge in [0.1, 0.15) is 5.88 Å². The third-order valence-electron chi connectivity index (χ3n) is 1.69. The molecule has 5 nitrogen and oxygen atoms in total. The van der Waals surface area contributed by atoms with Crippen LogP contribution in [0.3, 0.4) is 0 Å². The van der Waals surface area contributed by atoms with E-state index in [9.17, 15) is 4.79 Å². The van der Waals surface area contributed by atoms with Crippen LogP contribution in [-0.2, 0) is 25.6 Å². The lowest BCUT2D eigenvalue weighted by molar-refractivity contribution is -0.123. The van der Waals surface area contributed by atoms with Crippen LogP contribution in [0.1, 0.15) is 20.8 Å². The highest BCUT2D eigenvalue weighted by atomic mass is 35.5. The minimum atomic E-state index is -2.70. The SMILES string of the molecule is COP(=S)(OC)N(NC(=O)CCl)C(C)(C)C. The first-order valence-corrected chi connectivity index (χ1v) is 7.71. The summed E-state index contributed by atoms with van der Waals surface area (Å²) in [5, 5.41) is 0. The van der Waals surface area contributed by atoms with E-state index in [0.717, 1.165) is 0 Å². The summed E-state index contributed by atoms with van der Waals surface area (Å²) >= 11 is 10.7. The molecule has 0 saturated heterocycles. The number of halogens is 1. The summed E-state index contributed by atoms with van der Waals surface area (Å²) in [4.78, 5) is 11.3. The van der Waals surface area contributed by atoms with Crippen LogP contribution in [0, 0.1) is 0 Å². The summed E-state index contributed by atoms with van der Waals surface area (Å²) in [6.45, 7) is 2.96. The molecule has 0 aliphatic heterocycles. The number of nitrogens with zero attached hydrogens (tertiary/aromatic N) is 1. The van der Waals surface area contributed by atoms with Crippen molar-refractivity contribution in [1.29, 1.82) is 0 Å². The van der Waals surface area contributed by atoms with E-state index >= 15 is 0 Å². The Morgan fingerprint density at radius 2 is 1.88 bits per heavy atom. The van der Waals surface area contributed by atoms with Crippen molar-refractivity contribution in [3.8, 4) is 0 Å². The minimum Gasteiger partial charge on any atom is -0.320 e. The van der Waals surface area contributed by atoms with Gasteiger partial charge in [-0.1, -0.05) is 0 Å². The van der Waals surface area contributed by atoms with Gasteiger partial charge in [0.25, 0.3) is 6.64 Å². The molecule has 0 aromatic rings. The van der Waals surface area contributed by atoms with Gasteiger partial charge in [0.05, 0.1) is 0 Å². The highest BCUT2D eigenvalue weighted by Gasteiger charge is 2.36. The number of rotatable bonds is 5. The smallest absolute Gasteiger partial charge is 0.281 e. The zero-order valence-electron chi connectivity index (χ0n) is 10.1. The number of hydrogen-bond acceptors (Lipinski definition) is 4. The number of amides is 1. The van der Waals surface area contributed by atoms with Gasteiger partial charge in [-0.05, 0) is 32.6 Å². The molecule has 0 atom stereocenters. The molecule has 0 radical (unpaired) electrons. The van der Waals surface area contributed by atoms with E-state index in [1.165, 1.54) is 19.0 Å². The van der Waals surface area contributed by atoms with Gasteiger partial charge < -0.3 is 9.05 Å². The summed E-state index contributed by atoms with van der Waals surface area (Å²) < 4.78 is 11.9. The molecular weight excluding hydrogens is 271 g/mol. The molecule has 0 rings (SSSR count). The molecule has 0 bridgehead atoms. The van der Waals surface area contributed by atoms with Crippen molar-refractivity contribution in [2.24, 2.45) is 0 Å². The first-order valence-electron chi connectivity index (χ1n) is 4.59. The van der Waals surface area contributed by atoms with Crippen LogP contribution < -0.4 is 5.43 Å². The fourth-order valence-corrected chi connectivity index (χ4v) is 3.34. The summed E-state index contributed by atoms with van der Waals surface area (Å²) in [6.07, 6.45) is 0. The highest BCUT2D eigenvalue weighted by Crippen LogP contribution is 2.52. The van der Waals surface area contributed by atoms with E-state index in [2.05, 4.69) is 5.43 Å². The number of hydrazine groups is 1. The van der Waals surface area contributed by atoms with Crippen LogP contribution in [0.25, 0.3) is 0 Å². The fraction of sp³-hybridized carbons (Fsp3) is 0.875. The van der Waals surface area contributed by atoms with Crippen LogP contribution in [0.4, 0.5) is 0 Å². The van der Waals surface area contributed by atoms with Crippen LogP contribution in [0.2, 0.25) is 0 Å². The lowest BCUT2D eigenvalue weighted by atomic mass is 10.1. The molecule has 0 aromatic carbocycles. The highest BCUT2D eigenvalue weighted by molar-refractivity contribution is 8.08. The molecule has 0 heterocycles. The summed E-state index contributed by atoms with van der Waals surface area (Å²) in [5.41, 5.74) is 2.18. The van der Waals surface area contributed by atoms with Crippen molar-refractivity contribution < 1.29 is 13.8 Å². The Balaban J connectivity index is 5.10. The predicted octanol–water partition coefficient (Wildman–Crippen LogP) is 1.87. The van der Waals surface area contributed by atoms with Crippen molar-refractivity contribution in [3.05, 3.63) is 0 Å². The first kappa shape index (κ1) is 16.3. The second kappa shape index (κ2) is 6.28. The Bertz CT molecular complexity index is 287. The van der Waals surface area contributed by atoms with E-state index in [0.29, 0.717) is 0 Å². The van der Waals surface area contributed by atoms with Crippen molar-refractivity contribution in [3.63, 3.8) is 0 Å². The van der Waals surface area contributed by atoms with Gasteiger partial charge in [0, 0.05) is 19.8 Å². The fourth-order valence-electron chi connectivity index (χ4n) is 0.982. The van der Waals surface area contributed by atoms with Crippen molar-refractivity contribution in [1.82, 2.24) is 10.2 Å². The summed E-state index contributed by atoms with van der Waals surface area (Å²) in [5.74, 6) is -0.491. The van der Waals surface area contributed by atoms with Gasteiger partial charge in [0.15, 0.2) is 0 Å². The Labute approximate surface area is 107 Å². The standard InChI is InChI=1S/C8H18ClN2O3PS/c1-8(2,3)11(10-7(12)6-9)15(16,13-4)14-5/h6H2,1-5H3,(H,10,12). The molecule has 8 heteroatoms. The number of carbonyl (C=O) groups is 1. The van der Waals surface area contributed by atoms with Gasteiger partial charge in [0.2, 0.25) is 5.91 Å². The average Bonchev–Trinajstić information content (AvgIpc) is 2.22. The molecule has 0 unspecified atom stereocenters. The van der Waals surface area contributed by atoms with Crippen molar-refractivity contribution in [2.45, 2.75) is 26.3 Å². The van der Waals surface area contributed by atoms with Gasteiger partial charge >= 0.3 is 0 Å². The topological polar surface area (TPSA) is 50.8 Å². The third-order valence-corrected chi connectivity index (χ3v) is 5.43. The predicted molar refractivity (Wildman–Crippen MR) is 68.8 cm³/mol.